The van der Waals surface area contributed by atoms with Crippen LogP contribution in [0.25, 0.3) is 0 Å². The van der Waals surface area contributed by atoms with Gasteiger partial charge in [0.25, 0.3) is 0 Å². The third kappa shape index (κ3) is 8.10. The number of guanidine groups is 1. The van der Waals surface area contributed by atoms with Crippen LogP contribution in [-0.4, -0.2) is 42.2 Å². The SMILES string of the molecule is CN=C(NCc1ccc(CS(=O)(=O)NC(C)C)cc1)NCc1ncnn1C.I. The smallest absolute Gasteiger partial charge is 0.216 e. The lowest BCUT2D eigenvalue weighted by Gasteiger charge is -2.12. The lowest BCUT2D eigenvalue weighted by Crippen LogP contribution is -2.36. The van der Waals surface area contributed by atoms with Crippen LogP contribution in [0.15, 0.2) is 35.6 Å². The van der Waals surface area contributed by atoms with Gasteiger partial charge in [0.1, 0.15) is 12.2 Å². The summed E-state index contributed by atoms with van der Waals surface area (Å²) in [5.41, 5.74) is 1.77. The number of rotatable bonds is 8. The number of sulfonamides is 1. The highest BCUT2D eigenvalue weighted by atomic mass is 127. The standard InChI is InChI=1S/C17H27N7O2S.HI/c1-13(2)23-27(25,26)11-15-7-5-14(6-8-15)9-19-17(18-3)20-10-16-21-12-22-24(16)4;/h5-8,12-13,23H,9-11H2,1-4H3,(H2,18,19,20);1H. The number of aliphatic imine (C=N–C) groups is 1. The number of hydrogen-bond acceptors (Lipinski definition) is 5. The van der Waals surface area contributed by atoms with Gasteiger partial charge in [-0.1, -0.05) is 24.3 Å². The average Bonchev–Trinajstić information content (AvgIpc) is 3.00. The Hall–Kier alpha value is -1.73. The maximum atomic E-state index is 12.0. The summed E-state index contributed by atoms with van der Waals surface area (Å²) in [5, 5.41) is 10.4. The fraction of sp³-hybridized carbons (Fsp3) is 0.471. The minimum Gasteiger partial charge on any atom is -0.352 e. The maximum Gasteiger partial charge on any atom is 0.216 e. The third-order valence-electron chi connectivity index (χ3n) is 3.70. The molecule has 0 amide bonds. The topological polar surface area (TPSA) is 113 Å². The van der Waals surface area contributed by atoms with Crippen LogP contribution in [0.4, 0.5) is 0 Å². The Morgan fingerprint density at radius 2 is 1.75 bits per heavy atom. The van der Waals surface area contributed by atoms with Crippen molar-refractivity contribution in [3.8, 4) is 0 Å². The van der Waals surface area contributed by atoms with E-state index in [2.05, 4.69) is 30.4 Å². The van der Waals surface area contributed by atoms with Gasteiger partial charge in [-0.25, -0.2) is 18.1 Å². The predicted molar refractivity (Wildman–Crippen MR) is 121 cm³/mol. The van der Waals surface area contributed by atoms with E-state index in [1.165, 1.54) is 6.33 Å². The Morgan fingerprint density at radius 1 is 1.14 bits per heavy atom. The molecule has 0 fully saturated rings. The van der Waals surface area contributed by atoms with E-state index in [0.717, 1.165) is 17.0 Å². The third-order valence-corrected chi connectivity index (χ3v) is 5.24. The number of nitrogens with one attached hydrogen (secondary N) is 3. The van der Waals surface area contributed by atoms with Crippen molar-refractivity contribution in [1.82, 2.24) is 30.1 Å². The predicted octanol–water partition coefficient (Wildman–Crippen LogP) is 1.13. The Balaban J connectivity index is 0.00000392. The van der Waals surface area contributed by atoms with Crippen molar-refractivity contribution in [3.63, 3.8) is 0 Å². The molecule has 0 aliphatic rings. The molecular weight excluding hydrogens is 493 g/mol. The summed E-state index contributed by atoms with van der Waals surface area (Å²) in [6, 6.07) is 7.35. The van der Waals surface area contributed by atoms with Crippen molar-refractivity contribution < 1.29 is 8.42 Å². The molecule has 156 valence electrons. The molecule has 28 heavy (non-hydrogen) atoms. The van der Waals surface area contributed by atoms with Crippen molar-refractivity contribution in [1.29, 1.82) is 0 Å². The molecule has 0 aliphatic carbocycles. The number of benzene rings is 1. The zero-order valence-electron chi connectivity index (χ0n) is 16.5. The van der Waals surface area contributed by atoms with Crippen LogP contribution in [-0.2, 0) is 35.9 Å². The summed E-state index contributed by atoms with van der Waals surface area (Å²) in [4.78, 5) is 8.32. The summed E-state index contributed by atoms with van der Waals surface area (Å²) in [6.45, 7) is 4.68. The van der Waals surface area contributed by atoms with E-state index in [4.69, 9.17) is 0 Å². The number of aryl methyl sites for hydroxylation is 1. The number of hydrogen-bond donors (Lipinski definition) is 3. The highest BCUT2D eigenvalue weighted by molar-refractivity contribution is 14.0. The second-order valence-corrected chi connectivity index (χ2v) is 8.18. The van der Waals surface area contributed by atoms with Gasteiger partial charge in [-0.15, -0.1) is 24.0 Å². The van der Waals surface area contributed by atoms with Gasteiger partial charge in [0.15, 0.2) is 5.96 Å². The molecule has 0 aliphatic heterocycles. The first-order valence-corrected chi connectivity index (χ1v) is 10.3. The normalized spacial score (nSPS) is 12.0. The Kier molecular flexibility index (Phi) is 9.82. The minimum atomic E-state index is -3.32. The van der Waals surface area contributed by atoms with E-state index in [0.29, 0.717) is 19.0 Å². The Bertz CT molecular complexity index is 864. The molecule has 3 N–H and O–H groups in total. The molecule has 0 radical (unpaired) electrons. The fourth-order valence-corrected chi connectivity index (χ4v) is 3.86. The van der Waals surface area contributed by atoms with E-state index >= 15 is 0 Å². The molecule has 0 spiro atoms. The van der Waals surface area contributed by atoms with Gasteiger partial charge < -0.3 is 10.6 Å². The van der Waals surface area contributed by atoms with Crippen LogP contribution in [0, 0.1) is 0 Å². The lowest BCUT2D eigenvalue weighted by atomic mass is 10.1. The van der Waals surface area contributed by atoms with Crippen molar-refractivity contribution in [3.05, 3.63) is 47.5 Å². The zero-order valence-corrected chi connectivity index (χ0v) is 19.7. The molecule has 11 heteroatoms. The molecule has 0 atom stereocenters. The molecule has 2 aromatic rings. The molecule has 0 unspecified atom stereocenters. The molecule has 0 bridgehead atoms. The van der Waals surface area contributed by atoms with Crippen LogP contribution in [0.2, 0.25) is 0 Å². The van der Waals surface area contributed by atoms with Crippen molar-refractivity contribution in [2.45, 2.75) is 38.7 Å². The van der Waals surface area contributed by atoms with E-state index in [1.54, 1.807) is 25.6 Å². The monoisotopic (exact) mass is 521 g/mol. The lowest BCUT2D eigenvalue weighted by molar-refractivity contribution is 0.569. The Morgan fingerprint density at radius 3 is 2.29 bits per heavy atom. The van der Waals surface area contributed by atoms with Gasteiger partial charge in [-0.2, -0.15) is 5.10 Å². The second kappa shape index (κ2) is 11.3. The van der Waals surface area contributed by atoms with Crippen LogP contribution >= 0.6 is 24.0 Å². The first kappa shape index (κ1) is 24.3. The maximum absolute atomic E-state index is 12.0. The van der Waals surface area contributed by atoms with Crippen LogP contribution in [0.1, 0.15) is 30.8 Å². The highest BCUT2D eigenvalue weighted by Gasteiger charge is 2.12. The van der Waals surface area contributed by atoms with E-state index in [9.17, 15) is 8.42 Å². The van der Waals surface area contributed by atoms with Crippen molar-refractivity contribution in [2.75, 3.05) is 7.05 Å². The highest BCUT2D eigenvalue weighted by Crippen LogP contribution is 2.08. The minimum absolute atomic E-state index is 0. The largest absolute Gasteiger partial charge is 0.352 e. The van der Waals surface area contributed by atoms with Crippen LogP contribution < -0.4 is 15.4 Å². The second-order valence-electron chi connectivity index (χ2n) is 6.43. The van der Waals surface area contributed by atoms with Crippen molar-refractivity contribution >= 4 is 40.0 Å². The zero-order chi connectivity index (χ0) is 19.9. The first-order chi connectivity index (χ1) is 12.8. The summed E-state index contributed by atoms with van der Waals surface area (Å²) in [6.07, 6.45) is 1.51. The van der Waals surface area contributed by atoms with Gasteiger partial charge in [-0.3, -0.25) is 9.67 Å². The molecular formula is C17H28IN7O2S. The van der Waals surface area contributed by atoms with Crippen LogP contribution in [0.5, 0.6) is 0 Å². The quantitative estimate of drug-likeness (QED) is 0.273. The van der Waals surface area contributed by atoms with E-state index in [-0.39, 0.29) is 35.8 Å². The summed E-state index contributed by atoms with van der Waals surface area (Å²) in [7, 11) is 0.212. The van der Waals surface area contributed by atoms with Gasteiger partial charge in [0.2, 0.25) is 10.0 Å². The number of nitrogens with zero attached hydrogens (tertiary/aromatic N) is 4. The molecule has 1 aromatic carbocycles. The fourth-order valence-electron chi connectivity index (χ4n) is 2.42. The molecule has 9 nitrogen and oxygen atoms in total. The number of halogens is 1. The molecule has 1 heterocycles. The van der Waals surface area contributed by atoms with Crippen LogP contribution in [0.3, 0.4) is 0 Å². The average molecular weight is 521 g/mol. The summed E-state index contributed by atoms with van der Waals surface area (Å²) < 4.78 is 28.2. The van der Waals surface area contributed by atoms with Crippen molar-refractivity contribution in [2.24, 2.45) is 12.0 Å². The van der Waals surface area contributed by atoms with Gasteiger partial charge in [0, 0.05) is 26.7 Å². The molecule has 2 rings (SSSR count). The Labute approximate surface area is 183 Å². The van der Waals surface area contributed by atoms with Gasteiger partial charge in [-0.05, 0) is 25.0 Å². The number of aromatic nitrogens is 3. The van der Waals surface area contributed by atoms with E-state index < -0.39 is 10.0 Å². The van der Waals surface area contributed by atoms with Gasteiger partial charge in [0.05, 0.1) is 12.3 Å². The first-order valence-electron chi connectivity index (χ1n) is 8.64. The van der Waals surface area contributed by atoms with E-state index in [1.807, 2.05) is 31.3 Å². The molecule has 1 aromatic heterocycles. The van der Waals surface area contributed by atoms with Gasteiger partial charge >= 0.3 is 0 Å². The molecule has 0 saturated heterocycles. The summed E-state index contributed by atoms with van der Waals surface area (Å²) >= 11 is 0. The molecule has 0 saturated carbocycles. The summed E-state index contributed by atoms with van der Waals surface area (Å²) in [5.74, 6) is 1.42.